The van der Waals surface area contributed by atoms with Gasteiger partial charge in [0.05, 0.1) is 11.1 Å². The maximum atomic E-state index is 13.4. The van der Waals surface area contributed by atoms with E-state index in [1.807, 2.05) is 13.8 Å². The molecule has 2 heterocycles. The van der Waals surface area contributed by atoms with E-state index in [1.54, 1.807) is 0 Å². The van der Waals surface area contributed by atoms with Crippen LogP contribution in [0.2, 0.25) is 0 Å². The summed E-state index contributed by atoms with van der Waals surface area (Å²) in [5.41, 5.74) is -1.54. The fourth-order valence-corrected chi connectivity index (χ4v) is 2.62. The first-order valence-corrected chi connectivity index (χ1v) is 8.92. The minimum atomic E-state index is -4.79. The number of carbonyl (C=O) groups is 1. The molecule has 12 heteroatoms. The van der Waals surface area contributed by atoms with E-state index in [0.29, 0.717) is 17.4 Å². The van der Waals surface area contributed by atoms with Crippen LogP contribution in [0.15, 0.2) is 29.4 Å². The molecule has 0 atom stereocenters. The molecule has 0 unspecified atom stereocenters. The molecule has 160 valence electrons. The largest absolute Gasteiger partial charge is 0.435 e. The molecule has 0 saturated heterocycles. The van der Waals surface area contributed by atoms with E-state index in [1.165, 1.54) is 25.2 Å². The highest BCUT2D eigenvalue weighted by molar-refractivity contribution is 6.11. The summed E-state index contributed by atoms with van der Waals surface area (Å²) in [6.07, 6.45) is -3.82. The van der Waals surface area contributed by atoms with Crippen LogP contribution in [0.5, 0.6) is 0 Å². The van der Waals surface area contributed by atoms with Crippen molar-refractivity contribution in [1.29, 1.82) is 0 Å². The first kappa shape index (κ1) is 21.3. The smallest absolute Gasteiger partial charge is 0.309 e. The molecule has 0 saturated carbocycles. The highest BCUT2D eigenvalue weighted by Gasteiger charge is 2.39. The second kappa shape index (κ2) is 8.13. The summed E-state index contributed by atoms with van der Waals surface area (Å²) in [5.74, 6) is -1.24. The number of anilines is 1. The number of H-pyrrole nitrogens is 1. The number of alkyl halides is 3. The lowest BCUT2D eigenvalue weighted by Gasteiger charge is -2.12. The second-order valence-corrected chi connectivity index (χ2v) is 6.99. The van der Waals surface area contributed by atoms with Crippen molar-refractivity contribution in [3.05, 3.63) is 41.5 Å². The van der Waals surface area contributed by atoms with Crippen molar-refractivity contribution in [3.8, 4) is 0 Å². The van der Waals surface area contributed by atoms with Crippen LogP contribution >= 0.6 is 0 Å². The summed E-state index contributed by atoms with van der Waals surface area (Å²) in [5, 5.41) is 15.6. The number of aromatic amines is 1. The number of carbonyl (C=O) groups excluding carboxylic acids is 1. The lowest BCUT2D eigenvalue weighted by molar-refractivity contribution is -0.141. The van der Waals surface area contributed by atoms with Gasteiger partial charge in [-0.3, -0.25) is 24.9 Å². The van der Waals surface area contributed by atoms with Gasteiger partial charge in [0, 0.05) is 25.2 Å². The molecule has 2 aromatic heterocycles. The monoisotopic (exact) mass is 425 g/mol. The minimum absolute atomic E-state index is 0.0941. The molecule has 1 aromatic carbocycles. The Balaban J connectivity index is 1.89. The van der Waals surface area contributed by atoms with Gasteiger partial charge in [-0.25, -0.2) is 4.39 Å². The molecule has 0 spiro atoms. The third-order valence-electron chi connectivity index (χ3n) is 3.95. The number of guanidine groups is 1. The first-order valence-electron chi connectivity index (χ1n) is 8.92. The fraction of sp³-hybridized carbons (Fsp3) is 0.333. The quantitative estimate of drug-likeness (QED) is 0.339. The Hall–Kier alpha value is -3.44. The van der Waals surface area contributed by atoms with Gasteiger partial charge in [-0.1, -0.05) is 13.8 Å². The number of hydrogen-bond donors (Lipinski definition) is 3. The predicted molar refractivity (Wildman–Crippen MR) is 102 cm³/mol. The number of rotatable bonds is 4. The standard InChI is InChI=1S/C18H19F4N7O/c1-9(2)7-23-17(24-15-11-5-4-10(19)6-13(11)26-27-15)25-16(30)12-8-29(3)28-14(12)18(20,21)22/h4-6,8-9H,7H2,1-3H3,(H3,23,24,25,26,27,30). The number of benzene rings is 1. The summed E-state index contributed by atoms with van der Waals surface area (Å²) in [6, 6.07) is 3.95. The number of aliphatic imine (C=N–C) groups is 1. The molecular formula is C18H19F4N7O. The van der Waals surface area contributed by atoms with Crippen LogP contribution in [0.1, 0.15) is 29.9 Å². The van der Waals surface area contributed by atoms with E-state index in [9.17, 15) is 22.4 Å². The van der Waals surface area contributed by atoms with Crippen molar-refractivity contribution in [2.24, 2.45) is 18.0 Å². The van der Waals surface area contributed by atoms with Crippen LogP contribution in [0.25, 0.3) is 10.9 Å². The molecule has 8 nitrogen and oxygen atoms in total. The number of halogens is 4. The zero-order valence-electron chi connectivity index (χ0n) is 16.3. The van der Waals surface area contributed by atoms with Gasteiger partial charge in [-0.15, -0.1) is 0 Å². The van der Waals surface area contributed by atoms with Crippen LogP contribution in [-0.2, 0) is 13.2 Å². The molecular weight excluding hydrogens is 406 g/mol. The molecule has 0 bridgehead atoms. The van der Waals surface area contributed by atoms with Crippen molar-refractivity contribution >= 4 is 28.6 Å². The first-order chi connectivity index (χ1) is 14.0. The zero-order valence-corrected chi connectivity index (χ0v) is 16.3. The van der Waals surface area contributed by atoms with Gasteiger partial charge in [0.25, 0.3) is 5.91 Å². The van der Waals surface area contributed by atoms with Gasteiger partial charge in [0.2, 0.25) is 5.96 Å². The van der Waals surface area contributed by atoms with Gasteiger partial charge >= 0.3 is 6.18 Å². The lowest BCUT2D eigenvalue weighted by Crippen LogP contribution is -2.37. The van der Waals surface area contributed by atoms with Crippen molar-refractivity contribution in [1.82, 2.24) is 25.3 Å². The number of aromatic nitrogens is 4. The van der Waals surface area contributed by atoms with Gasteiger partial charge in [-0.2, -0.15) is 23.4 Å². The molecule has 0 aliphatic carbocycles. The molecule has 0 fully saturated rings. The molecule has 3 N–H and O–H groups in total. The Bertz CT molecular complexity index is 1100. The molecule has 30 heavy (non-hydrogen) atoms. The van der Waals surface area contributed by atoms with E-state index in [2.05, 4.69) is 30.9 Å². The topological polar surface area (TPSA) is 100.0 Å². The van der Waals surface area contributed by atoms with E-state index in [-0.39, 0.29) is 17.7 Å². The summed E-state index contributed by atoms with van der Waals surface area (Å²) in [4.78, 5) is 16.8. The third-order valence-corrected chi connectivity index (χ3v) is 3.95. The Morgan fingerprint density at radius 2 is 2.07 bits per heavy atom. The zero-order chi connectivity index (χ0) is 22.1. The molecule has 0 aliphatic rings. The number of hydrogen-bond acceptors (Lipinski definition) is 4. The van der Waals surface area contributed by atoms with Gasteiger partial charge in [0.15, 0.2) is 11.5 Å². The summed E-state index contributed by atoms with van der Waals surface area (Å²) in [6.45, 7) is 4.07. The Morgan fingerprint density at radius 1 is 1.33 bits per heavy atom. The van der Waals surface area contributed by atoms with E-state index < -0.39 is 29.2 Å². The number of nitrogens with zero attached hydrogens (tertiary/aromatic N) is 4. The molecule has 0 aliphatic heterocycles. The Labute approximate surface area is 168 Å². The fourth-order valence-electron chi connectivity index (χ4n) is 2.62. The normalized spacial score (nSPS) is 12.6. The SMILES string of the molecule is CC(C)CN=C(NC(=O)c1cn(C)nc1C(F)(F)F)Nc1n[nH]c2cc(F)ccc12. The van der Waals surface area contributed by atoms with Crippen LogP contribution in [-0.4, -0.2) is 38.4 Å². The van der Waals surface area contributed by atoms with Crippen molar-refractivity contribution < 1.29 is 22.4 Å². The van der Waals surface area contributed by atoms with Crippen LogP contribution < -0.4 is 10.6 Å². The summed E-state index contributed by atoms with van der Waals surface area (Å²) in [7, 11) is 1.28. The maximum Gasteiger partial charge on any atom is 0.435 e. The highest BCUT2D eigenvalue weighted by Crippen LogP contribution is 2.30. The van der Waals surface area contributed by atoms with Crippen LogP contribution in [0, 0.1) is 11.7 Å². The second-order valence-electron chi connectivity index (χ2n) is 6.99. The third kappa shape index (κ3) is 4.75. The average Bonchev–Trinajstić information content (AvgIpc) is 3.22. The average molecular weight is 425 g/mol. The molecule has 3 aromatic rings. The number of nitrogens with one attached hydrogen (secondary N) is 3. The molecule has 0 radical (unpaired) electrons. The number of fused-ring (bicyclic) bond motifs is 1. The number of amides is 1. The van der Waals surface area contributed by atoms with Crippen molar-refractivity contribution in [2.75, 3.05) is 11.9 Å². The lowest BCUT2D eigenvalue weighted by atomic mass is 10.2. The number of aryl methyl sites for hydroxylation is 1. The molecule has 1 amide bonds. The van der Waals surface area contributed by atoms with Gasteiger partial charge in [0.1, 0.15) is 5.82 Å². The van der Waals surface area contributed by atoms with Gasteiger partial charge < -0.3 is 5.32 Å². The minimum Gasteiger partial charge on any atom is -0.309 e. The summed E-state index contributed by atoms with van der Waals surface area (Å²) < 4.78 is 53.8. The van der Waals surface area contributed by atoms with Crippen molar-refractivity contribution in [3.63, 3.8) is 0 Å². The van der Waals surface area contributed by atoms with Crippen LogP contribution in [0.3, 0.4) is 0 Å². The highest BCUT2D eigenvalue weighted by atomic mass is 19.4. The Morgan fingerprint density at radius 3 is 2.73 bits per heavy atom. The van der Waals surface area contributed by atoms with E-state index >= 15 is 0 Å². The van der Waals surface area contributed by atoms with Crippen molar-refractivity contribution in [2.45, 2.75) is 20.0 Å². The van der Waals surface area contributed by atoms with E-state index in [0.717, 1.165) is 10.9 Å². The summed E-state index contributed by atoms with van der Waals surface area (Å²) >= 11 is 0. The Kier molecular flexibility index (Phi) is 5.76. The predicted octanol–water partition coefficient (Wildman–Crippen LogP) is 3.31. The van der Waals surface area contributed by atoms with Crippen LogP contribution in [0.4, 0.5) is 23.4 Å². The van der Waals surface area contributed by atoms with E-state index in [4.69, 9.17) is 0 Å². The van der Waals surface area contributed by atoms with Gasteiger partial charge in [-0.05, 0) is 24.1 Å². The molecule has 3 rings (SSSR count). The maximum absolute atomic E-state index is 13.4.